The Morgan fingerprint density at radius 3 is 2.49 bits per heavy atom. The van der Waals surface area contributed by atoms with E-state index in [0.29, 0.717) is 64.5 Å². The number of aromatic carboxylic acids is 1. The van der Waals surface area contributed by atoms with E-state index in [0.717, 1.165) is 13.1 Å². The molecule has 1 aromatic carbocycles. The van der Waals surface area contributed by atoms with Crippen molar-refractivity contribution in [2.45, 2.75) is 6.42 Å². The number of likely N-dealkylation sites (N-methyl/N-ethyl adjacent to an activating group) is 1. The van der Waals surface area contributed by atoms with Gasteiger partial charge in [0.15, 0.2) is 11.6 Å². The van der Waals surface area contributed by atoms with E-state index >= 15 is 4.39 Å². The fraction of sp³-hybridized carbons (Fsp3) is 0.286. The Hall–Kier alpha value is -4.38. The van der Waals surface area contributed by atoms with Crippen LogP contribution >= 0.6 is 0 Å². The maximum absolute atomic E-state index is 15.5. The smallest absolute Gasteiger partial charge is 0.341 e. The van der Waals surface area contributed by atoms with Crippen molar-refractivity contribution in [2.24, 2.45) is 7.05 Å². The van der Waals surface area contributed by atoms with Crippen LogP contribution in [-0.4, -0.2) is 70.8 Å². The zero-order chi connectivity index (χ0) is 27.6. The Kier molecular flexibility index (Phi) is 5.83. The third-order valence-electron chi connectivity index (χ3n) is 7.69. The van der Waals surface area contributed by atoms with Gasteiger partial charge in [0.25, 0.3) is 0 Å². The van der Waals surface area contributed by atoms with E-state index in [4.69, 9.17) is 0 Å². The Balaban J connectivity index is 1.65. The number of anilines is 2. The van der Waals surface area contributed by atoms with E-state index in [2.05, 4.69) is 25.1 Å². The number of rotatable bonds is 4. The summed E-state index contributed by atoms with van der Waals surface area (Å²) in [6, 6.07) is 2.77. The molecule has 39 heavy (non-hydrogen) atoms. The molecule has 0 spiro atoms. The van der Waals surface area contributed by atoms with Gasteiger partial charge in [-0.1, -0.05) is 0 Å². The summed E-state index contributed by atoms with van der Waals surface area (Å²) in [6.45, 7) is 2.85. The molecule has 2 N–H and O–H groups in total. The molecule has 1 saturated heterocycles. The van der Waals surface area contributed by atoms with Crippen LogP contribution in [0.25, 0.3) is 33.3 Å². The van der Waals surface area contributed by atoms with Crippen LogP contribution in [0.2, 0.25) is 0 Å². The number of carboxylic acid groups (broad SMARTS) is 1. The fourth-order valence-electron chi connectivity index (χ4n) is 5.67. The molecule has 1 fully saturated rings. The van der Waals surface area contributed by atoms with E-state index in [1.54, 1.807) is 32.6 Å². The lowest BCUT2D eigenvalue weighted by Crippen LogP contribution is -2.45. The molecular formula is C28H26F2N6O3. The van der Waals surface area contributed by atoms with Crippen LogP contribution in [0.1, 0.15) is 21.6 Å². The van der Waals surface area contributed by atoms with Crippen molar-refractivity contribution in [3.63, 3.8) is 0 Å². The number of carbonyl (C=O) groups is 1. The largest absolute Gasteiger partial charge is 0.477 e. The summed E-state index contributed by atoms with van der Waals surface area (Å²) >= 11 is 0. The lowest BCUT2D eigenvalue weighted by molar-refractivity contribution is 0.0695. The van der Waals surface area contributed by atoms with Gasteiger partial charge in [0.1, 0.15) is 11.2 Å². The molecule has 0 radical (unpaired) electrons. The molecule has 9 nitrogen and oxygen atoms in total. The summed E-state index contributed by atoms with van der Waals surface area (Å²) in [6.07, 6.45) is 4.87. The van der Waals surface area contributed by atoms with Gasteiger partial charge in [-0.2, -0.15) is 0 Å². The number of nitrogens with zero attached hydrogens (tertiary/aromatic N) is 5. The average molecular weight is 533 g/mol. The summed E-state index contributed by atoms with van der Waals surface area (Å²) in [5.41, 5.74) is 3.69. The predicted octanol–water partition coefficient (Wildman–Crippen LogP) is 3.34. The van der Waals surface area contributed by atoms with Crippen molar-refractivity contribution in [2.75, 3.05) is 50.5 Å². The number of hydrogen-bond acceptors (Lipinski definition) is 7. The molecule has 0 bridgehead atoms. The highest BCUT2D eigenvalue weighted by Gasteiger charge is 2.34. The summed E-state index contributed by atoms with van der Waals surface area (Å²) in [4.78, 5) is 38.3. The van der Waals surface area contributed by atoms with Gasteiger partial charge in [-0.05, 0) is 18.7 Å². The van der Waals surface area contributed by atoms with Gasteiger partial charge >= 0.3 is 5.97 Å². The summed E-state index contributed by atoms with van der Waals surface area (Å²) in [5.74, 6) is -3.19. The Bertz CT molecular complexity index is 1740. The molecule has 11 heteroatoms. The zero-order valence-corrected chi connectivity index (χ0v) is 21.7. The molecule has 0 amide bonds. The maximum atomic E-state index is 15.5. The highest BCUT2D eigenvalue weighted by atomic mass is 19.2. The van der Waals surface area contributed by atoms with Crippen molar-refractivity contribution in [3.8, 4) is 22.3 Å². The summed E-state index contributed by atoms with van der Waals surface area (Å²) in [7, 11) is 5.33. The van der Waals surface area contributed by atoms with Gasteiger partial charge in [-0.25, -0.2) is 18.6 Å². The second-order valence-electron chi connectivity index (χ2n) is 10.0. The SMILES string of the molecule is CNc1cc(F)c(F)c2c1Cc1ncc(-c3cnc4c(c3)c(=O)c(C(=O)O)cn4C)c(N3CCN(C)CC3)c1-2. The Morgan fingerprint density at radius 2 is 1.79 bits per heavy atom. The molecule has 200 valence electrons. The maximum Gasteiger partial charge on any atom is 0.341 e. The van der Waals surface area contributed by atoms with E-state index in [-0.39, 0.29) is 16.5 Å². The first-order valence-electron chi connectivity index (χ1n) is 12.6. The molecule has 0 unspecified atom stereocenters. The highest BCUT2D eigenvalue weighted by molar-refractivity contribution is 5.98. The van der Waals surface area contributed by atoms with E-state index in [1.165, 1.54) is 16.8 Å². The van der Waals surface area contributed by atoms with Gasteiger partial charge in [0, 0.05) is 99.3 Å². The molecule has 1 aliphatic heterocycles. The van der Waals surface area contributed by atoms with Crippen molar-refractivity contribution in [1.29, 1.82) is 0 Å². The van der Waals surface area contributed by atoms with Crippen molar-refractivity contribution >= 4 is 28.4 Å². The number of aromatic nitrogens is 3. The average Bonchev–Trinajstić information content (AvgIpc) is 3.32. The van der Waals surface area contributed by atoms with E-state index in [9.17, 15) is 19.1 Å². The standard InChI is InChI=1S/C28H26F2N6O3/c1-31-20-10-19(29)24(30)22-15(20)9-21-23(22)25(36-6-4-34(2)5-7-36)17(12-32-21)14-8-16-26(37)18(28(38)39)13-35(3)27(16)33-11-14/h8,10-13,31H,4-7,9H2,1-3H3,(H,38,39). The Morgan fingerprint density at radius 1 is 1.05 bits per heavy atom. The molecule has 4 aromatic rings. The lowest BCUT2D eigenvalue weighted by atomic mass is 9.96. The molecule has 1 aliphatic carbocycles. The number of pyridine rings is 3. The topological polar surface area (TPSA) is 104 Å². The first kappa shape index (κ1) is 24.9. The van der Waals surface area contributed by atoms with Gasteiger partial charge in [0.2, 0.25) is 5.43 Å². The minimum absolute atomic E-state index is 0.148. The summed E-state index contributed by atoms with van der Waals surface area (Å²) in [5, 5.41) is 12.7. The number of benzene rings is 1. The molecule has 4 heterocycles. The van der Waals surface area contributed by atoms with Crippen molar-refractivity contribution in [1.82, 2.24) is 19.4 Å². The van der Waals surface area contributed by atoms with Crippen molar-refractivity contribution < 1.29 is 18.7 Å². The van der Waals surface area contributed by atoms with Crippen LogP contribution in [0.15, 0.2) is 35.5 Å². The third kappa shape index (κ3) is 3.84. The van der Waals surface area contributed by atoms with Crippen LogP contribution in [0.3, 0.4) is 0 Å². The van der Waals surface area contributed by atoms with Crippen LogP contribution in [0.5, 0.6) is 0 Å². The number of aryl methyl sites for hydroxylation is 1. The highest BCUT2D eigenvalue weighted by Crippen LogP contribution is 2.50. The first-order chi connectivity index (χ1) is 18.7. The minimum Gasteiger partial charge on any atom is -0.477 e. The zero-order valence-electron chi connectivity index (χ0n) is 21.7. The first-order valence-corrected chi connectivity index (χ1v) is 12.6. The number of hydrogen-bond donors (Lipinski definition) is 2. The normalized spacial score (nSPS) is 14.9. The number of halogens is 2. The molecule has 0 atom stereocenters. The van der Waals surface area contributed by atoms with Crippen molar-refractivity contribution in [3.05, 3.63) is 69.4 Å². The Labute approximate surface area is 222 Å². The van der Waals surface area contributed by atoms with Crippen LogP contribution in [0.4, 0.5) is 20.2 Å². The van der Waals surface area contributed by atoms with E-state index in [1.807, 2.05) is 7.05 Å². The minimum atomic E-state index is -1.32. The number of piperazine rings is 1. The van der Waals surface area contributed by atoms with Gasteiger partial charge < -0.3 is 24.8 Å². The number of carboxylic acids is 1. The molecule has 6 rings (SSSR count). The molecule has 2 aliphatic rings. The monoisotopic (exact) mass is 532 g/mol. The van der Waals surface area contributed by atoms with Crippen LogP contribution in [-0.2, 0) is 13.5 Å². The summed E-state index contributed by atoms with van der Waals surface area (Å²) < 4.78 is 31.8. The van der Waals surface area contributed by atoms with Gasteiger partial charge in [-0.15, -0.1) is 0 Å². The third-order valence-corrected chi connectivity index (χ3v) is 7.69. The van der Waals surface area contributed by atoms with Crippen LogP contribution < -0.4 is 15.6 Å². The van der Waals surface area contributed by atoms with Gasteiger partial charge in [-0.3, -0.25) is 9.78 Å². The predicted molar refractivity (Wildman–Crippen MR) is 145 cm³/mol. The second-order valence-corrected chi connectivity index (χ2v) is 10.0. The van der Waals surface area contributed by atoms with E-state index < -0.39 is 23.0 Å². The second kappa shape index (κ2) is 9.12. The van der Waals surface area contributed by atoms with Crippen LogP contribution in [0, 0.1) is 11.6 Å². The number of nitrogens with one attached hydrogen (secondary N) is 1. The quantitative estimate of drug-likeness (QED) is 0.363. The molecular weight excluding hydrogens is 506 g/mol. The fourth-order valence-corrected chi connectivity index (χ4v) is 5.67. The molecule has 3 aromatic heterocycles. The molecule has 0 saturated carbocycles. The number of fused-ring (bicyclic) bond motifs is 4. The lowest BCUT2D eigenvalue weighted by Gasteiger charge is -2.36. The van der Waals surface area contributed by atoms with Gasteiger partial charge in [0.05, 0.1) is 16.8 Å².